The van der Waals surface area contributed by atoms with Gasteiger partial charge in [-0.1, -0.05) is 6.07 Å². The number of aromatic nitrogens is 1. The number of hydrogen-bond acceptors (Lipinski definition) is 3. The largest absolute Gasteiger partial charge is 0.395 e. The van der Waals surface area contributed by atoms with Crippen LogP contribution in [0.2, 0.25) is 0 Å². The van der Waals surface area contributed by atoms with E-state index in [4.69, 9.17) is 5.11 Å². The first kappa shape index (κ1) is 10.2. The van der Waals surface area contributed by atoms with Crippen LogP contribution in [0.1, 0.15) is 18.1 Å². The quantitative estimate of drug-likeness (QED) is 0.722. The molecule has 1 heterocycles. The summed E-state index contributed by atoms with van der Waals surface area (Å²) in [6.07, 6.45) is 3.67. The van der Waals surface area contributed by atoms with Gasteiger partial charge in [0, 0.05) is 25.0 Å². The zero-order chi connectivity index (χ0) is 9.68. The highest BCUT2D eigenvalue weighted by Crippen LogP contribution is 2.00. The maximum Gasteiger partial charge on any atom is 0.0582 e. The number of aryl methyl sites for hydroxylation is 1. The molecule has 0 aliphatic rings. The van der Waals surface area contributed by atoms with Crippen molar-refractivity contribution in [3.63, 3.8) is 0 Å². The molecule has 3 heteroatoms. The topological polar surface area (TPSA) is 45.2 Å². The summed E-state index contributed by atoms with van der Waals surface area (Å²) >= 11 is 0. The van der Waals surface area contributed by atoms with Gasteiger partial charge < -0.3 is 10.4 Å². The molecule has 0 aromatic carbocycles. The third-order valence-corrected chi connectivity index (χ3v) is 1.86. The zero-order valence-electron chi connectivity index (χ0n) is 8.12. The Bertz CT molecular complexity index is 263. The first-order valence-corrected chi connectivity index (χ1v) is 4.47. The average Bonchev–Trinajstić information content (AvgIpc) is 2.14. The summed E-state index contributed by atoms with van der Waals surface area (Å²) in [5.74, 6) is 0. The Labute approximate surface area is 78.8 Å². The van der Waals surface area contributed by atoms with Crippen molar-refractivity contribution in [2.45, 2.75) is 26.4 Å². The van der Waals surface area contributed by atoms with E-state index in [0.717, 1.165) is 17.7 Å². The molecule has 0 bridgehead atoms. The first-order chi connectivity index (χ1) is 6.22. The van der Waals surface area contributed by atoms with E-state index in [1.54, 1.807) is 0 Å². The number of aliphatic hydroxyl groups is 1. The molecule has 1 aromatic heterocycles. The Kier molecular flexibility index (Phi) is 3.86. The van der Waals surface area contributed by atoms with E-state index in [9.17, 15) is 0 Å². The molecule has 0 saturated heterocycles. The van der Waals surface area contributed by atoms with Crippen molar-refractivity contribution in [3.8, 4) is 0 Å². The minimum absolute atomic E-state index is 0.139. The summed E-state index contributed by atoms with van der Waals surface area (Å²) in [5.41, 5.74) is 2.32. The molecule has 72 valence electrons. The van der Waals surface area contributed by atoms with Crippen LogP contribution in [-0.2, 0) is 6.54 Å². The average molecular weight is 180 g/mol. The number of aliphatic hydroxyl groups excluding tert-OH is 1. The molecular weight excluding hydrogens is 164 g/mol. The molecule has 0 aliphatic carbocycles. The van der Waals surface area contributed by atoms with Gasteiger partial charge in [0.25, 0.3) is 0 Å². The Morgan fingerprint density at radius 1 is 1.54 bits per heavy atom. The normalized spacial score (nSPS) is 12.8. The third kappa shape index (κ3) is 3.53. The van der Waals surface area contributed by atoms with Gasteiger partial charge in [-0.05, 0) is 25.0 Å². The van der Waals surface area contributed by atoms with Crippen molar-refractivity contribution in [1.82, 2.24) is 10.3 Å². The van der Waals surface area contributed by atoms with Crippen LogP contribution in [0, 0.1) is 6.92 Å². The fourth-order valence-corrected chi connectivity index (χ4v) is 1.07. The second-order valence-electron chi connectivity index (χ2n) is 3.34. The summed E-state index contributed by atoms with van der Waals surface area (Å²) in [4.78, 5) is 4.09. The van der Waals surface area contributed by atoms with E-state index in [0.29, 0.717) is 0 Å². The lowest BCUT2D eigenvalue weighted by Crippen LogP contribution is -2.28. The highest BCUT2D eigenvalue weighted by atomic mass is 16.3. The van der Waals surface area contributed by atoms with Crippen LogP contribution < -0.4 is 5.32 Å². The summed E-state index contributed by atoms with van der Waals surface area (Å²) in [6, 6.07) is 2.23. The first-order valence-electron chi connectivity index (χ1n) is 4.47. The van der Waals surface area contributed by atoms with Crippen LogP contribution in [0.3, 0.4) is 0 Å². The van der Waals surface area contributed by atoms with Crippen molar-refractivity contribution >= 4 is 0 Å². The summed E-state index contributed by atoms with van der Waals surface area (Å²) in [7, 11) is 0. The van der Waals surface area contributed by atoms with Crippen LogP contribution in [0.25, 0.3) is 0 Å². The molecule has 0 unspecified atom stereocenters. The van der Waals surface area contributed by atoms with Crippen LogP contribution >= 0.6 is 0 Å². The molecular formula is C10H16N2O. The molecule has 1 atom stereocenters. The van der Waals surface area contributed by atoms with Crippen molar-refractivity contribution in [2.75, 3.05) is 6.61 Å². The molecule has 0 saturated carbocycles. The standard InChI is InChI=1S/C10H16N2O/c1-8-3-10(5-11-4-8)6-12-9(2)7-13/h3-5,9,12-13H,6-7H2,1-2H3/t9-/m0/s1. The molecule has 0 spiro atoms. The summed E-state index contributed by atoms with van der Waals surface area (Å²) < 4.78 is 0. The second-order valence-corrected chi connectivity index (χ2v) is 3.34. The molecule has 1 aromatic rings. The van der Waals surface area contributed by atoms with Crippen molar-refractivity contribution in [1.29, 1.82) is 0 Å². The number of pyridine rings is 1. The molecule has 0 aliphatic heterocycles. The maximum absolute atomic E-state index is 8.79. The van der Waals surface area contributed by atoms with E-state index in [-0.39, 0.29) is 12.6 Å². The van der Waals surface area contributed by atoms with Crippen LogP contribution in [0.5, 0.6) is 0 Å². The lowest BCUT2D eigenvalue weighted by Gasteiger charge is -2.10. The third-order valence-electron chi connectivity index (χ3n) is 1.86. The highest BCUT2D eigenvalue weighted by Gasteiger charge is 1.98. The Balaban J connectivity index is 2.45. The van der Waals surface area contributed by atoms with Gasteiger partial charge in [0.1, 0.15) is 0 Å². The number of nitrogens with zero attached hydrogens (tertiary/aromatic N) is 1. The fraction of sp³-hybridized carbons (Fsp3) is 0.500. The van der Waals surface area contributed by atoms with Gasteiger partial charge in [-0.15, -0.1) is 0 Å². The zero-order valence-corrected chi connectivity index (χ0v) is 8.12. The molecule has 2 N–H and O–H groups in total. The van der Waals surface area contributed by atoms with Gasteiger partial charge in [0.05, 0.1) is 6.61 Å². The smallest absolute Gasteiger partial charge is 0.0582 e. The van der Waals surface area contributed by atoms with E-state index in [1.165, 1.54) is 0 Å². The van der Waals surface area contributed by atoms with E-state index in [1.807, 2.05) is 26.2 Å². The molecule has 0 radical (unpaired) electrons. The lowest BCUT2D eigenvalue weighted by molar-refractivity contribution is 0.251. The second kappa shape index (κ2) is 4.94. The Morgan fingerprint density at radius 3 is 2.92 bits per heavy atom. The highest BCUT2D eigenvalue weighted by molar-refractivity contribution is 5.16. The predicted molar refractivity (Wildman–Crippen MR) is 52.4 cm³/mol. The molecule has 0 fully saturated rings. The van der Waals surface area contributed by atoms with Gasteiger partial charge >= 0.3 is 0 Å². The molecule has 13 heavy (non-hydrogen) atoms. The lowest BCUT2D eigenvalue weighted by atomic mass is 10.2. The van der Waals surface area contributed by atoms with Crippen molar-refractivity contribution in [3.05, 3.63) is 29.6 Å². The van der Waals surface area contributed by atoms with E-state index < -0.39 is 0 Å². The maximum atomic E-state index is 8.79. The van der Waals surface area contributed by atoms with Crippen molar-refractivity contribution in [2.24, 2.45) is 0 Å². The predicted octanol–water partition coefficient (Wildman–Crippen LogP) is 0.860. The van der Waals surface area contributed by atoms with E-state index >= 15 is 0 Å². The minimum atomic E-state index is 0.139. The van der Waals surface area contributed by atoms with Gasteiger partial charge in [-0.25, -0.2) is 0 Å². The number of nitrogens with one attached hydrogen (secondary N) is 1. The SMILES string of the molecule is Cc1cncc(CN[C@@H](C)CO)c1. The Morgan fingerprint density at radius 2 is 2.31 bits per heavy atom. The van der Waals surface area contributed by atoms with Crippen molar-refractivity contribution < 1.29 is 5.11 Å². The molecule has 3 nitrogen and oxygen atoms in total. The molecule has 0 amide bonds. The van der Waals surface area contributed by atoms with Gasteiger partial charge in [0.15, 0.2) is 0 Å². The Hall–Kier alpha value is -0.930. The number of rotatable bonds is 4. The van der Waals surface area contributed by atoms with Gasteiger partial charge in [0.2, 0.25) is 0 Å². The van der Waals surface area contributed by atoms with Crippen LogP contribution in [0.4, 0.5) is 0 Å². The van der Waals surface area contributed by atoms with Crippen LogP contribution in [-0.4, -0.2) is 22.7 Å². The number of hydrogen-bond donors (Lipinski definition) is 2. The van der Waals surface area contributed by atoms with E-state index in [2.05, 4.69) is 16.4 Å². The summed E-state index contributed by atoms with van der Waals surface area (Å²) in [6.45, 7) is 4.89. The van der Waals surface area contributed by atoms with Gasteiger partial charge in [-0.2, -0.15) is 0 Å². The summed E-state index contributed by atoms with van der Waals surface area (Å²) in [5, 5.41) is 12.0. The fourth-order valence-electron chi connectivity index (χ4n) is 1.07. The monoisotopic (exact) mass is 180 g/mol. The molecule has 1 rings (SSSR count). The minimum Gasteiger partial charge on any atom is -0.395 e. The van der Waals surface area contributed by atoms with Crippen LogP contribution in [0.15, 0.2) is 18.5 Å². The van der Waals surface area contributed by atoms with Gasteiger partial charge in [-0.3, -0.25) is 4.98 Å².